The molecule has 0 fully saturated rings. The zero-order chi connectivity index (χ0) is 9.97. The zero-order valence-electron chi connectivity index (χ0n) is 7.87. The topological polar surface area (TPSA) is 12.9 Å². The van der Waals surface area contributed by atoms with E-state index >= 15 is 0 Å². The van der Waals surface area contributed by atoms with Crippen LogP contribution < -0.4 is 0 Å². The normalized spacial score (nSPS) is 10.1. The van der Waals surface area contributed by atoms with Crippen LogP contribution in [0, 0.1) is 6.92 Å². The minimum atomic E-state index is 0.779. The molecule has 0 saturated carbocycles. The number of nitrogens with zero attached hydrogens (tertiary/aromatic N) is 1. The van der Waals surface area contributed by atoms with Crippen LogP contribution in [0.3, 0.4) is 0 Å². The molecule has 1 aromatic carbocycles. The van der Waals surface area contributed by atoms with Crippen LogP contribution in [0.5, 0.6) is 0 Å². The first kappa shape index (κ1) is 9.22. The van der Waals surface area contributed by atoms with Crippen molar-refractivity contribution in [1.29, 1.82) is 0 Å². The lowest BCUT2D eigenvalue weighted by Crippen LogP contribution is -1.81. The molecule has 0 unspecified atom stereocenters. The third-order valence-corrected chi connectivity index (χ3v) is 2.44. The smallest absolute Gasteiger partial charge is 0.0484 e. The van der Waals surface area contributed by atoms with Crippen LogP contribution in [0.1, 0.15) is 5.56 Å². The van der Waals surface area contributed by atoms with Gasteiger partial charge in [-0.15, -0.1) is 0 Å². The summed E-state index contributed by atoms with van der Waals surface area (Å²) in [5.41, 5.74) is 3.38. The van der Waals surface area contributed by atoms with E-state index in [0.29, 0.717) is 0 Å². The lowest BCUT2D eigenvalue weighted by atomic mass is 10.1. The summed E-state index contributed by atoms with van der Waals surface area (Å²) in [6.45, 7) is 2.06. The number of hydrogen-bond donors (Lipinski definition) is 0. The van der Waals surface area contributed by atoms with Gasteiger partial charge in [0.25, 0.3) is 0 Å². The van der Waals surface area contributed by atoms with Crippen molar-refractivity contribution < 1.29 is 0 Å². The predicted molar refractivity (Wildman–Crippen MR) is 59.4 cm³/mol. The monoisotopic (exact) mass is 203 g/mol. The van der Waals surface area contributed by atoms with Crippen molar-refractivity contribution in [2.24, 2.45) is 0 Å². The lowest BCUT2D eigenvalue weighted by Gasteiger charge is -2.04. The first-order valence-electron chi connectivity index (χ1n) is 4.44. The van der Waals surface area contributed by atoms with Crippen LogP contribution >= 0.6 is 11.6 Å². The zero-order valence-corrected chi connectivity index (χ0v) is 8.62. The highest BCUT2D eigenvalue weighted by Crippen LogP contribution is 2.27. The van der Waals surface area contributed by atoms with E-state index in [1.54, 1.807) is 12.4 Å². The molecule has 2 heteroatoms. The van der Waals surface area contributed by atoms with Gasteiger partial charge >= 0.3 is 0 Å². The minimum Gasteiger partial charge on any atom is -0.265 e. The summed E-state index contributed by atoms with van der Waals surface area (Å²) in [5.74, 6) is 0. The van der Waals surface area contributed by atoms with Gasteiger partial charge in [-0.05, 0) is 36.8 Å². The standard InChI is InChI=1S/C12H10ClN/c1-9-2-3-12(13)11(8-9)10-4-6-14-7-5-10/h2-8H,1H3. The molecule has 1 nitrogen and oxygen atoms in total. The Hall–Kier alpha value is -1.34. The molecule has 0 amide bonds. The summed E-state index contributed by atoms with van der Waals surface area (Å²) < 4.78 is 0. The van der Waals surface area contributed by atoms with Gasteiger partial charge in [0.1, 0.15) is 0 Å². The Balaban J connectivity index is 2.57. The summed E-state index contributed by atoms with van der Waals surface area (Å²) in [6.07, 6.45) is 3.54. The van der Waals surface area contributed by atoms with Crippen molar-refractivity contribution in [1.82, 2.24) is 4.98 Å². The number of aryl methyl sites for hydroxylation is 1. The van der Waals surface area contributed by atoms with Gasteiger partial charge in [-0.1, -0.05) is 23.2 Å². The summed E-state index contributed by atoms with van der Waals surface area (Å²) in [5, 5.41) is 0.779. The molecule has 0 atom stereocenters. The van der Waals surface area contributed by atoms with Gasteiger partial charge in [0, 0.05) is 23.0 Å². The van der Waals surface area contributed by atoms with Gasteiger partial charge in [0.2, 0.25) is 0 Å². The molecule has 0 aliphatic rings. The number of benzene rings is 1. The highest BCUT2D eigenvalue weighted by molar-refractivity contribution is 6.33. The maximum Gasteiger partial charge on any atom is 0.0484 e. The van der Waals surface area contributed by atoms with Crippen LogP contribution in [0.15, 0.2) is 42.7 Å². The van der Waals surface area contributed by atoms with E-state index in [-0.39, 0.29) is 0 Å². The van der Waals surface area contributed by atoms with Gasteiger partial charge in [0.15, 0.2) is 0 Å². The molecular formula is C12H10ClN. The van der Waals surface area contributed by atoms with Crippen molar-refractivity contribution in [2.45, 2.75) is 6.92 Å². The molecule has 70 valence electrons. The van der Waals surface area contributed by atoms with Crippen LogP contribution in [0.4, 0.5) is 0 Å². The van der Waals surface area contributed by atoms with E-state index in [9.17, 15) is 0 Å². The van der Waals surface area contributed by atoms with Gasteiger partial charge in [-0.25, -0.2) is 0 Å². The highest BCUT2D eigenvalue weighted by Gasteiger charge is 2.02. The van der Waals surface area contributed by atoms with Crippen molar-refractivity contribution in [2.75, 3.05) is 0 Å². The molecule has 0 N–H and O–H groups in total. The second-order valence-electron chi connectivity index (χ2n) is 3.22. The van der Waals surface area contributed by atoms with Crippen LogP contribution in [0.25, 0.3) is 11.1 Å². The molecular weight excluding hydrogens is 194 g/mol. The number of hydrogen-bond acceptors (Lipinski definition) is 1. The van der Waals surface area contributed by atoms with Gasteiger partial charge in [0.05, 0.1) is 0 Å². The Bertz CT molecular complexity index is 437. The van der Waals surface area contributed by atoms with E-state index < -0.39 is 0 Å². The largest absolute Gasteiger partial charge is 0.265 e. The Morgan fingerprint density at radius 3 is 2.50 bits per heavy atom. The fourth-order valence-corrected chi connectivity index (χ4v) is 1.62. The molecule has 0 aliphatic heterocycles. The summed E-state index contributed by atoms with van der Waals surface area (Å²) >= 11 is 6.11. The summed E-state index contributed by atoms with van der Waals surface area (Å²) in [4.78, 5) is 3.98. The molecule has 0 radical (unpaired) electrons. The molecule has 0 aliphatic carbocycles. The first-order chi connectivity index (χ1) is 6.77. The van der Waals surface area contributed by atoms with Crippen molar-refractivity contribution in [3.63, 3.8) is 0 Å². The average Bonchev–Trinajstić information content (AvgIpc) is 2.23. The Morgan fingerprint density at radius 2 is 1.79 bits per heavy atom. The van der Waals surface area contributed by atoms with E-state index in [4.69, 9.17) is 11.6 Å². The maximum absolute atomic E-state index is 6.11. The molecule has 14 heavy (non-hydrogen) atoms. The lowest BCUT2D eigenvalue weighted by molar-refractivity contribution is 1.33. The maximum atomic E-state index is 6.11. The van der Waals surface area contributed by atoms with Crippen LogP contribution in [0.2, 0.25) is 5.02 Å². The molecule has 1 heterocycles. The molecule has 2 aromatic rings. The van der Waals surface area contributed by atoms with Crippen molar-refractivity contribution in [3.05, 3.63) is 53.3 Å². The Morgan fingerprint density at radius 1 is 1.07 bits per heavy atom. The number of halogens is 1. The number of rotatable bonds is 1. The molecule has 1 aromatic heterocycles. The molecule has 2 rings (SSSR count). The van der Waals surface area contributed by atoms with Gasteiger partial charge in [-0.2, -0.15) is 0 Å². The quantitative estimate of drug-likeness (QED) is 0.689. The predicted octanol–water partition coefficient (Wildman–Crippen LogP) is 3.71. The first-order valence-corrected chi connectivity index (χ1v) is 4.82. The van der Waals surface area contributed by atoms with E-state index in [0.717, 1.165) is 16.1 Å². The fourth-order valence-electron chi connectivity index (χ4n) is 1.39. The Labute approximate surface area is 88.4 Å². The molecule has 0 saturated heterocycles. The summed E-state index contributed by atoms with van der Waals surface area (Å²) in [7, 11) is 0. The van der Waals surface area contributed by atoms with Crippen molar-refractivity contribution >= 4 is 11.6 Å². The third kappa shape index (κ3) is 1.78. The summed E-state index contributed by atoms with van der Waals surface area (Å²) in [6, 6.07) is 9.93. The molecule has 0 spiro atoms. The SMILES string of the molecule is Cc1ccc(Cl)c(-c2ccncc2)c1. The second-order valence-corrected chi connectivity index (χ2v) is 3.63. The molecule has 0 bridgehead atoms. The number of pyridine rings is 1. The van der Waals surface area contributed by atoms with E-state index in [1.807, 2.05) is 24.3 Å². The van der Waals surface area contributed by atoms with Crippen molar-refractivity contribution in [3.8, 4) is 11.1 Å². The van der Waals surface area contributed by atoms with E-state index in [2.05, 4.69) is 18.0 Å². The average molecular weight is 204 g/mol. The van der Waals surface area contributed by atoms with E-state index in [1.165, 1.54) is 5.56 Å². The highest BCUT2D eigenvalue weighted by atomic mass is 35.5. The third-order valence-electron chi connectivity index (χ3n) is 2.11. The minimum absolute atomic E-state index is 0.779. The fraction of sp³-hybridized carbons (Fsp3) is 0.0833. The second kappa shape index (κ2) is 3.81. The Kier molecular flexibility index (Phi) is 2.51. The van der Waals surface area contributed by atoms with Gasteiger partial charge < -0.3 is 0 Å². The number of aromatic nitrogens is 1. The van der Waals surface area contributed by atoms with Crippen LogP contribution in [-0.4, -0.2) is 4.98 Å². The van der Waals surface area contributed by atoms with Crippen LogP contribution in [-0.2, 0) is 0 Å². The van der Waals surface area contributed by atoms with Gasteiger partial charge in [-0.3, -0.25) is 4.98 Å².